The highest BCUT2D eigenvalue weighted by Gasteiger charge is 2.12. The van der Waals surface area contributed by atoms with Crippen LogP contribution in [0.2, 0.25) is 0 Å². The fraction of sp³-hybridized carbons (Fsp3) is 0.458. The molecule has 0 aliphatic heterocycles. The van der Waals surface area contributed by atoms with Crippen LogP contribution in [-0.2, 0) is 6.42 Å². The van der Waals surface area contributed by atoms with Crippen LogP contribution in [0.4, 0.5) is 0 Å². The predicted octanol–water partition coefficient (Wildman–Crippen LogP) is 5.04. The summed E-state index contributed by atoms with van der Waals surface area (Å²) in [5, 5.41) is 10.2. The maximum Gasteiger partial charge on any atom is 0.194 e. The molecule has 1 heterocycles. The Bertz CT molecular complexity index is 825. The van der Waals surface area contributed by atoms with Crippen molar-refractivity contribution < 1.29 is 9.84 Å². The zero-order chi connectivity index (χ0) is 21.3. The van der Waals surface area contributed by atoms with Crippen LogP contribution in [0.1, 0.15) is 52.3 Å². The molecule has 1 rings (SSSR count). The SMILES string of the molecule is CC=C(C)[C@H](O)[C@@H](C)C=C(C)C=CCC(C)=CCc1[nH]c(OC)cc(=O)c1C. The lowest BCUT2D eigenvalue weighted by Gasteiger charge is -2.16. The molecule has 28 heavy (non-hydrogen) atoms. The first kappa shape index (κ1) is 23.7. The van der Waals surface area contributed by atoms with Gasteiger partial charge in [-0.3, -0.25) is 4.79 Å². The number of pyridine rings is 1. The fourth-order valence-electron chi connectivity index (χ4n) is 2.91. The van der Waals surface area contributed by atoms with Crippen molar-refractivity contribution in [2.24, 2.45) is 5.92 Å². The molecule has 1 aromatic heterocycles. The van der Waals surface area contributed by atoms with Crippen LogP contribution in [0, 0.1) is 12.8 Å². The Labute approximate surface area is 169 Å². The topological polar surface area (TPSA) is 62.3 Å². The number of hydrogen-bond acceptors (Lipinski definition) is 3. The third-order valence-electron chi connectivity index (χ3n) is 5.00. The monoisotopic (exact) mass is 385 g/mol. The van der Waals surface area contributed by atoms with E-state index in [0.29, 0.717) is 12.3 Å². The molecule has 0 aromatic carbocycles. The van der Waals surface area contributed by atoms with Gasteiger partial charge in [0.15, 0.2) is 11.3 Å². The second kappa shape index (κ2) is 11.5. The molecule has 2 atom stereocenters. The largest absolute Gasteiger partial charge is 0.482 e. The normalized spacial score (nSPS) is 15.8. The minimum Gasteiger partial charge on any atom is -0.482 e. The van der Waals surface area contributed by atoms with Gasteiger partial charge in [0, 0.05) is 29.7 Å². The van der Waals surface area contributed by atoms with E-state index < -0.39 is 6.10 Å². The number of H-pyrrole nitrogens is 1. The second-order valence-corrected chi connectivity index (χ2v) is 7.41. The second-order valence-electron chi connectivity index (χ2n) is 7.41. The van der Waals surface area contributed by atoms with Gasteiger partial charge in [-0.15, -0.1) is 0 Å². The van der Waals surface area contributed by atoms with E-state index in [1.54, 1.807) is 7.11 Å². The lowest BCUT2D eigenvalue weighted by molar-refractivity contribution is 0.173. The van der Waals surface area contributed by atoms with Gasteiger partial charge in [-0.2, -0.15) is 0 Å². The van der Waals surface area contributed by atoms with Crippen molar-refractivity contribution in [3.63, 3.8) is 0 Å². The maximum absolute atomic E-state index is 11.9. The predicted molar refractivity (Wildman–Crippen MR) is 118 cm³/mol. The average molecular weight is 386 g/mol. The van der Waals surface area contributed by atoms with Crippen LogP contribution < -0.4 is 10.2 Å². The van der Waals surface area contributed by atoms with Crippen LogP contribution in [0.15, 0.2) is 58.0 Å². The van der Waals surface area contributed by atoms with Crippen molar-refractivity contribution in [3.8, 4) is 5.88 Å². The van der Waals surface area contributed by atoms with Gasteiger partial charge in [0.05, 0.1) is 13.2 Å². The molecule has 0 saturated carbocycles. The summed E-state index contributed by atoms with van der Waals surface area (Å²) in [6, 6.07) is 1.48. The highest BCUT2D eigenvalue weighted by Crippen LogP contribution is 2.16. The van der Waals surface area contributed by atoms with Crippen molar-refractivity contribution in [1.82, 2.24) is 4.98 Å². The number of ether oxygens (including phenoxy) is 1. The van der Waals surface area contributed by atoms with E-state index in [1.807, 2.05) is 40.7 Å². The van der Waals surface area contributed by atoms with E-state index in [2.05, 4.69) is 36.2 Å². The van der Waals surface area contributed by atoms with Crippen molar-refractivity contribution >= 4 is 0 Å². The molecule has 0 saturated heterocycles. The molecule has 0 fully saturated rings. The van der Waals surface area contributed by atoms with E-state index in [0.717, 1.165) is 28.8 Å². The number of aromatic nitrogens is 1. The van der Waals surface area contributed by atoms with Crippen LogP contribution in [-0.4, -0.2) is 23.3 Å². The molecular formula is C24H35NO3. The van der Waals surface area contributed by atoms with Gasteiger partial charge in [0.25, 0.3) is 0 Å². The van der Waals surface area contributed by atoms with Gasteiger partial charge < -0.3 is 14.8 Å². The van der Waals surface area contributed by atoms with E-state index in [9.17, 15) is 9.90 Å². The van der Waals surface area contributed by atoms with Gasteiger partial charge in [-0.1, -0.05) is 48.5 Å². The first-order valence-electron chi connectivity index (χ1n) is 9.77. The van der Waals surface area contributed by atoms with Crippen LogP contribution in [0.3, 0.4) is 0 Å². The molecule has 0 bridgehead atoms. The summed E-state index contributed by atoms with van der Waals surface area (Å²) < 4.78 is 5.14. The van der Waals surface area contributed by atoms with Crippen molar-refractivity contribution in [1.29, 1.82) is 0 Å². The number of allylic oxidation sites excluding steroid dienone is 6. The molecule has 1 aromatic rings. The lowest BCUT2D eigenvalue weighted by atomic mass is 9.96. The summed E-state index contributed by atoms with van der Waals surface area (Å²) >= 11 is 0. The van der Waals surface area contributed by atoms with E-state index in [-0.39, 0.29) is 11.3 Å². The lowest BCUT2D eigenvalue weighted by Crippen LogP contribution is -2.17. The molecule has 4 heteroatoms. The summed E-state index contributed by atoms with van der Waals surface area (Å²) in [5.41, 5.74) is 4.95. The van der Waals surface area contributed by atoms with Gasteiger partial charge >= 0.3 is 0 Å². The Morgan fingerprint density at radius 3 is 2.61 bits per heavy atom. The number of nitrogens with one attached hydrogen (secondary N) is 1. The van der Waals surface area contributed by atoms with Crippen LogP contribution >= 0.6 is 0 Å². The summed E-state index contributed by atoms with van der Waals surface area (Å²) in [7, 11) is 1.55. The molecular weight excluding hydrogens is 350 g/mol. The molecule has 0 spiro atoms. The standard InChI is InChI=1S/C24H35NO3/c1-8-18(4)24(27)19(5)14-17(3)11-9-10-16(2)12-13-21-20(6)22(26)15-23(25-21)28-7/h8-9,11-12,14-15,19,24,27H,10,13H2,1-7H3,(H,25,26)/t19-,24-/m0/s1. The highest BCUT2D eigenvalue weighted by atomic mass is 16.5. The fourth-order valence-corrected chi connectivity index (χ4v) is 2.91. The molecule has 0 aliphatic carbocycles. The molecule has 0 radical (unpaired) electrons. The molecule has 2 N–H and O–H groups in total. The molecule has 0 unspecified atom stereocenters. The van der Waals surface area contributed by atoms with Gasteiger partial charge in [-0.25, -0.2) is 0 Å². The zero-order valence-corrected chi connectivity index (χ0v) is 18.3. The summed E-state index contributed by atoms with van der Waals surface area (Å²) in [6.45, 7) is 11.9. The van der Waals surface area contributed by atoms with Crippen molar-refractivity contribution in [2.75, 3.05) is 7.11 Å². The molecule has 0 amide bonds. The smallest absolute Gasteiger partial charge is 0.194 e. The van der Waals surface area contributed by atoms with Crippen molar-refractivity contribution in [2.45, 2.75) is 60.5 Å². The van der Waals surface area contributed by atoms with Gasteiger partial charge in [-0.05, 0) is 46.6 Å². The van der Waals surface area contributed by atoms with E-state index >= 15 is 0 Å². The zero-order valence-electron chi connectivity index (χ0n) is 18.3. The Hall–Kier alpha value is -2.33. The number of rotatable bonds is 9. The molecule has 154 valence electrons. The number of aromatic amines is 1. The van der Waals surface area contributed by atoms with Gasteiger partial charge in [0.2, 0.25) is 0 Å². The third-order valence-corrected chi connectivity index (χ3v) is 5.00. The van der Waals surface area contributed by atoms with Crippen LogP contribution in [0.25, 0.3) is 0 Å². The van der Waals surface area contributed by atoms with Crippen LogP contribution in [0.5, 0.6) is 5.88 Å². The third kappa shape index (κ3) is 7.35. The number of aliphatic hydroxyl groups is 1. The Kier molecular flexibility index (Phi) is 9.74. The number of aliphatic hydroxyl groups excluding tert-OH is 1. The van der Waals surface area contributed by atoms with Crippen molar-refractivity contribution in [3.05, 3.63) is 74.6 Å². The Balaban J connectivity index is 2.71. The molecule has 0 aliphatic rings. The maximum atomic E-state index is 11.9. The summed E-state index contributed by atoms with van der Waals surface area (Å²) in [6.07, 6.45) is 11.4. The molecule has 4 nitrogen and oxygen atoms in total. The van der Waals surface area contributed by atoms with Gasteiger partial charge in [0.1, 0.15) is 0 Å². The highest BCUT2D eigenvalue weighted by molar-refractivity contribution is 5.27. The number of methoxy groups -OCH3 is 1. The Morgan fingerprint density at radius 2 is 2.00 bits per heavy atom. The summed E-state index contributed by atoms with van der Waals surface area (Å²) in [5.74, 6) is 0.562. The number of hydrogen-bond donors (Lipinski definition) is 2. The quantitative estimate of drug-likeness (QED) is 0.462. The Morgan fingerprint density at radius 1 is 1.32 bits per heavy atom. The summed E-state index contributed by atoms with van der Waals surface area (Å²) in [4.78, 5) is 15.1. The average Bonchev–Trinajstić information content (AvgIpc) is 2.67. The minimum absolute atomic E-state index is 0.0122. The first-order chi connectivity index (χ1) is 13.2. The first-order valence-corrected chi connectivity index (χ1v) is 9.77. The van der Waals surface area contributed by atoms with E-state index in [1.165, 1.54) is 11.6 Å². The minimum atomic E-state index is -0.441. The van der Waals surface area contributed by atoms with E-state index in [4.69, 9.17) is 4.74 Å².